The van der Waals surface area contributed by atoms with Crippen LogP contribution in [-0.2, 0) is 11.2 Å². The van der Waals surface area contributed by atoms with Crippen LogP contribution >= 0.6 is 0 Å². The Bertz CT molecular complexity index is 387. The van der Waals surface area contributed by atoms with Gasteiger partial charge in [-0.15, -0.1) is 0 Å². The highest BCUT2D eigenvalue weighted by molar-refractivity contribution is 5.11. The molecule has 0 amide bonds. The molecule has 2 aliphatic rings. The Kier molecular flexibility index (Phi) is 5.04. The summed E-state index contributed by atoms with van der Waals surface area (Å²) < 4.78 is 5.74. The van der Waals surface area contributed by atoms with Crippen LogP contribution < -0.4 is 5.32 Å². The van der Waals surface area contributed by atoms with Gasteiger partial charge in [0.25, 0.3) is 0 Å². The summed E-state index contributed by atoms with van der Waals surface area (Å²) in [6.07, 6.45) is 13.2. The van der Waals surface area contributed by atoms with E-state index >= 15 is 0 Å². The maximum Gasteiger partial charge on any atom is 0.0623 e. The van der Waals surface area contributed by atoms with Crippen LogP contribution in [0.3, 0.4) is 0 Å². The van der Waals surface area contributed by atoms with E-state index in [1.807, 2.05) is 12.4 Å². The molecule has 1 aromatic rings. The molecule has 1 aromatic heterocycles. The summed E-state index contributed by atoms with van der Waals surface area (Å²) in [5.41, 5.74) is 1.38. The molecule has 2 heterocycles. The van der Waals surface area contributed by atoms with E-state index in [0.29, 0.717) is 18.0 Å². The normalized spacial score (nSPS) is 28.4. The van der Waals surface area contributed by atoms with E-state index in [2.05, 4.69) is 22.4 Å². The van der Waals surface area contributed by atoms with Crippen molar-refractivity contribution in [3.05, 3.63) is 30.1 Å². The molecule has 1 saturated carbocycles. The molecule has 0 aromatic carbocycles. The third kappa shape index (κ3) is 3.80. The van der Waals surface area contributed by atoms with E-state index in [9.17, 15) is 0 Å². The summed E-state index contributed by atoms with van der Waals surface area (Å²) in [5, 5.41) is 3.89. The second kappa shape index (κ2) is 7.19. The van der Waals surface area contributed by atoms with Gasteiger partial charge in [0.15, 0.2) is 0 Å². The molecule has 0 radical (unpaired) electrons. The monoisotopic (exact) mass is 274 g/mol. The Morgan fingerprint density at radius 1 is 1.05 bits per heavy atom. The molecule has 1 saturated heterocycles. The second-order valence-corrected chi connectivity index (χ2v) is 6.32. The summed E-state index contributed by atoms with van der Waals surface area (Å²) in [5.74, 6) is 0.612. The van der Waals surface area contributed by atoms with Gasteiger partial charge in [-0.25, -0.2) is 0 Å². The van der Waals surface area contributed by atoms with Crippen molar-refractivity contribution in [2.75, 3.05) is 13.2 Å². The SMILES string of the molecule is c1cc(C[C@@H]2COC[C@@H]2NC2CCCCCC2)ccn1. The molecule has 0 spiro atoms. The van der Waals surface area contributed by atoms with Crippen molar-refractivity contribution in [1.29, 1.82) is 0 Å². The lowest BCUT2D eigenvalue weighted by molar-refractivity contribution is 0.181. The average molecular weight is 274 g/mol. The molecular formula is C17H26N2O. The largest absolute Gasteiger partial charge is 0.379 e. The summed E-state index contributed by atoms with van der Waals surface area (Å²) >= 11 is 0. The molecule has 3 rings (SSSR count). The summed E-state index contributed by atoms with van der Waals surface area (Å²) in [7, 11) is 0. The van der Waals surface area contributed by atoms with Crippen molar-refractivity contribution < 1.29 is 4.74 Å². The highest BCUT2D eigenvalue weighted by Crippen LogP contribution is 2.23. The molecule has 2 atom stereocenters. The van der Waals surface area contributed by atoms with Crippen molar-refractivity contribution in [3.63, 3.8) is 0 Å². The average Bonchev–Trinajstić information content (AvgIpc) is 2.74. The molecule has 0 bridgehead atoms. The van der Waals surface area contributed by atoms with Crippen LogP contribution in [0.5, 0.6) is 0 Å². The van der Waals surface area contributed by atoms with Crippen LogP contribution in [0.25, 0.3) is 0 Å². The first-order valence-electron chi connectivity index (χ1n) is 8.14. The van der Waals surface area contributed by atoms with Gasteiger partial charge in [0, 0.05) is 30.4 Å². The van der Waals surface area contributed by atoms with Gasteiger partial charge in [0.1, 0.15) is 0 Å². The lowest BCUT2D eigenvalue weighted by atomic mass is 9.94. The maximum absolute atomic E-state index is 5.74. The van der Waals surface area contributed by atoms with Crippen molar-refractivity contribution in [2.24, 2.45) is 5.92 Å². The van der Waals surface area contributed by atoms with E-state index in [0.717, 1.165) is 19.6 Å². The van der Waals surface area contributed by atoms with E-state index in [1.165, 1.54) is 44.1 Å². The van der Waals surface area contributed by atoms with Gasteiger partial charge in [0.2, 0.25) is 0 Å². The zero-order valence-corrected chi connectivity index (χ0v) is 12.3. The first kappa shape index (κ1) is 14.0. The first-order chi connectivity index (χ1) is 9.92. The lowest BCUT2D eigenvalue weighted by Crippen LogP contribution is -2.43. The molecule has 20 heavy (non-hydrogen) atoms. The van der Waals surface area contributed by atoms with Crippen molar-refractivity contribution in [3.8, 4) is 0 Å². The summed E-state index contributed by atoms with van der Waals surface area (Å²) in [6, 6.07) is 5.50. The molecule has 0 unspecified atom stereocenters. The van der Waals surface area contributed by atoms with Crippen LogP contribution in [0.1, 0.15) is 44.1 Å². The van der Waals surface area contributed by atoms with E-state index < -0.39 is 0 Å². The van der Waals surface area contributed by atoms with E-state index in [4.69, 9.17) is 4.74 Å². The number of hydrogen-bond acceptors (Lipinski definition) is 3. The Balaban J connectivity index is 1.55. The number of aromatic nitrogens is 1. The van der Waals surface area contributed by atoms with E-state index in [-0.39, 0.29) is 0 Å². The van der Waals surface area contributed by atoms with Crippen LogP contribution in [0.15, 0.2) is 24.5 Å². The minimum Gasteiger partial charge on any atom is -0.379 e. The Hall–Kier alpha value is -0.930. The third-order valence-corrected chi connectivity index (χ3v) is 4.75. The summed E-state index contributed by atoms with van der Waals surface area (Å²) in [4.78, 5) is 4.10. The van der Waals surface area contributed by atoms with Gasteiger partial charge in [0.05, 0.1) is 13.2 Å². The predicted octanol–water partition coefficient (Wildman–Crippen LogP) is 2.95. The number of nitrogens with one attached hydrogen (secondary N) is 1. The zero-order valence-electron chi connectivity index (χ0n) is 12.3. The van der Waals surface area contributed by atoms with Gasteiger partial charge in [-0.05, 0) is 37.0 Å². The number of rotatable bonds is 4. The molecule has 110 valence electrons. The minimum absolute atomic E-state index is 0.534. The molecule has 3 nitrogen and oxygen atoms in total. The molecular weight excluding hydrogens is 248 g/mol. The highest BCUT2D eigenvalue weighted by Gasteiger charge is 2.30. The Labute approximate surface area is 122 Å². The molecule has 3 heteroatoms. The van der Waals surface area contributed by atoms with E-state index in [1.54, 1.807) is 0 Å². The predicted molar refractivity (Wildman–Crippen MR) is 80.7 cm³/mol. The van der Waals surface area contributed by atoms with Gasteiger partial charge in [-0.2, -0.15) is 0 Å². The second-order valence-electron chi connectivity index (χ2n) is 6.32. The van der Waals surface area contributed by atoms with Crippen LogP contribution in [0.2, 0.25) is 0 Å². The fourth-order valence-corrected chi connectivity index (χ4v) is 3.55. The van der Waals surface area contributed by atoms with Gasteiger partial charge in [-0.1, -0.05) is 25.7 Å². The molecule has 1 aliphatic heterocycles. The Morgan fingerprint density at radius 2 is 1.80 bits per heavy atom. The lowest BCUT2D eigenvalue weighted by Gasteiger charge is -2.25. The Morgan fingerprint density at radius 3 is 2.55 bits per heavy atom. The smallest absolute Gasteiger partial charge is 0.0623 e. The molecule has 1 aliphatic carbocycles. The number of hydrogen-bond donors (Lipinski definition) is 1. The number of ether oxygens (including phenoxy) is 1. The fraction of sp³-hybridized carbons (Fsp3) is 0.706. The summed E-state index contributed by atoms with van der Waals surface area (Å²) in [6.45, 7) is 1.78. The maximum atomic E-state index is 5.74. The van der Waals surface area contributed by atoms with Crippen LogP contribution in [-0.4, -0.2) is 30.3 Å². The van der Waals surface area contributed by atoms with Crippen molar-refractivity contribution in [2.45, 2.75) is 57.0 Å². The minimum atomic E-state index is 0.534. The highest BCUT2D eigenvalue weighted by atomic mass is 16.5. The topological polar surface area (TPSA) is 34.1 Å². The van der Waals surface area contributed by atoms with Gasteiger partial charge < -0.3 is 10.1 Å². The number of nitrogens with zero attached hydrogens (tertiary/aromatic N) is 1. The molecule has 1 N–H and O–H groups in total. The van der Waals surface area contributed by atoms with Gasteiger partial charge in [-0.3, -0.25) is 4.98 Å². The van der Waals surface area contributed by atoms with Crippen molar-refractivity contribution >= 4 is 0 Å². The van der Waals surface area contributed by atoms with Gasteiger partial charge >= 0.3 is 0 Å². The fourth-order valence-electron chi connectivity index (χ4n) is 3.55. The number of pyridine rings is 1. The third-order valence-electron chi connectivity index (χ3n) is 4.75. The molecule has 2 fully saturated rings. The zero-order chi connectivity index (χ0) is 13.6. The first-order valence-corrected chi connectivity index (χ1v) is 8.14. The van der Waals surface area contributed by atoms with Crippen molar-refractivity contribution in [1.82, 2.24) is 10.3 Å². The van der Waals surface area contributed by atoms with Crippen LogP contribution in [0, 0.1) is 5.92 Å². The quantitative estimate of drug-likeness (QED) is 0.857. The standard InChI is InChI=1S/C17H26N2O/c1-2-4-6-16(5-3-1)19-17-13-20-12-15(17)11-14-7-9-18-10-8-14/h7-10,15-17,19H,1-6,11-13H2/t15-,17+/m1/s1. The van der Waals surface area contributed by atoms with Crippen LogP contribution in [0.4, 0.5) is 0 Å².